The minimum absolute atomic E-state index is 0.0196. The highest BCUT2D eigenvalue weighted by Crippen LogP contribution is 2.22. The lowest BCUT2D eigenvalue weighted by Gasteiger charge is -2.42. The standard InChI is InChI=1S/C9H20N2/c1-3-7-11-8-5-4-6-9(11,2)10/h3-8,10H2,1-2H3. The Bertz CT molecular complexity index is 119. The van der Waals surface area contributed by atoms with Crippen molar-refractivity contribution in [1.82, 2.24) is 4.90 Å². The Morgan fingerprint density at radius 1 is 1.45 bits per heavy atom. The zero-order valence-electron chi connectivity index (χ0n) is 7.77. The van der Waals surface area contributed by atoms with Crippen LogP contribution in [0, 0.1) is 0 Å². The summed E-state index contributed by atoms with van der Waals surface area (Å²) in [6.45, 7) is 6.72. The van der Waals surface area contributed by atoms with Crippen molar-refractivity contribution in [2.45, 2.75) is 45.2 Å². The van der Waals surface area contributed by atoms with Crippen molar-refractivity contribution in [3.63, 3.8) is 0 Å². The predicted octanol–water partition coefficient (Wildman–Crippen LogP) is 1.56. The summed E-state index contributed by atoms with van der Waals surface area (Å²) < 4.78 is 0. The van der Waals surface area contributed by atoms with Crippen LogP contribution in [0.3, 0.4) is 0 Å². The van der Waals surface area contributed by atoms with Gasteiger partial charge in [-0.3, -0.25) is 4.90 Å². The van der Waals surface area contributed by atoms with Crippen molar-refractivity contribution in [2.75, 3.05) is 13.1 Å². The van der Waals surface area contributed by atoms with Gasteiger partial charge in [0.2, 0.25) is 0 Å². The highest BCUT2D eigenvalue weighted by molar-refractivity contribution is 4.83. The summed E-state index contributed by atoms with van der Waals surface area (Å²) in [5, 5.41) is 0. The van der Waals surface area contributed by atoms with Gasteiger partial charge in [0.1, 0.15) is 0 Å². The largest absolute Gasteiger partial charge is 0.313 e. The first kappa shape index (κ1) is 9.01. The van der Waals surface area contributed by atoms with E-state index in [4.69, 9.17) is 5.73 Å². The summed E-state index contributed by atoms with van der Waals surface area (Å²) in [4.78, 5) is 2.41. The fourth-order valence-corrected chi connectivity index (χ4v) is 1.84. The van der Waals surface area contributed by atoms with E-state index < -0.39 is 0 Å². The zero-order valence-corrected chi connectivity index (χ0v) is 7.77. The average Bonchev–Trinajstić information content (AvgIpc) is 1.94. The van der Waals surface area contributed by atoms with E-state index in [9.17, 15) is 0 Å². The molecule has 1 atom stereocenters. The summed E-state index contributed by atoms with van der Waals surface area (Å²) in [6, 6.07) is 0. The second-order valence-corrected chi connectivity index (χ2v) is 3.80. The molecule has 1 aliphatic rings. The normalized spacial score (nSPS) is 34.1. The van der Waals surface area contributed by atoms with Gasteiger partial charge in [0, 0.05) is 0 Å². The van der Waals surface area contributed by atoms with Crippen molar-refractivity contribution in [3.8, 4) is 0 Å². The quantitative estimate of drug-likeness (QED) is 0.657. The first-order valence-electron chi connectivity index (χ1n) is 4.71. The molecule has 0 aromatic carbocycles. The Morgan fingerprint density at radius 2 is 2.18 bits per heavy atom. The number of hydrogen-bond donors (Lipinski definition) is 1. The van der Waals surface area contributed by atoms with Crippen LogP contribution in [0.5, 0.6) is 0 Å². The molecule has 1 fully saturated rings. The van der Waals surface area contributed by atoms with Crippen LogP contribution in [0.1, 0.15) is 39.5 Å². The smallest absolute Gasteiger partial charge is 0.0658 e. The zero-order chi connectivity index (χ0) is 8.32. The Morgan fingerprint density at radius 3 is 2.73 bits per heavy atom. The molecule has 1 unspecified atom stereocenters. The van der Waals surface area contributed by atoms with Gasteiger partial charge >= 0.3 is 0 Å². The molecule has 0 spiro atoms. The third kappa shape index (κ3) is 2.17. The number of hydrogen-bond acceptors (Lipinski definition) is 2. The molecule has 11 heavy (non-hydrogen) atoms. The van der Waals surface area contributed by atoms with Crippen LogP contribution in [0.4, 0.5) is 0 Å². The van der Waals surface area contributed by atoms with E-state index in [1.807, 2.05) is 0 Å². The summed E-state index contributed by atoms with van der Waals surface area (Å²) in [5.41, 5.74) is 6.11. The minimum atomic E-state index is -0.0196. The van der Waals surface area contributed by atoms with Crippen molar-refractivity contribution < 1.29 is 0 Å². The molecule has 2 nitrogen and oxygen atoms in total. The second kappa shape index (κ2) is 3.55. The summed E-state index contributed by atoms with van der Waals surface area (Å²) in [5.74, 6) is 0. The Hall–Kier alpha value is -0.0800. The van der Waals surface area contributed by atoms with E-state index in [1.165, 1.54) is 25.8 Å². The fraction of sp³-hybridized carbons (Fsp3) is 1.00. The van der Waals surface area contributed by atoms with Gasteiger partial charge in [0.05, 0.1) is 5.66 Å². The Balaban J connectivity index is 2.45. The van der Waals surface area contributed by atoms with Crippen LogP contribution in [-0.4, -0.2) is 23.7 Å². The van der Waals surface area contributed by atoms with Crippen molar-refractivity contribution in [2.24, 2.45) is 5.73 Å². The minimum Gasteiger partial charge on any atom is -0.313 e. The number of likely N-dealkylation sites (tertiary alicyclic amines) is 1. The van der Waals surface area contributed by atoms with Crippen molar-refractivity contribution >= 4 is 0 Å². The number of rotatable bonds is 2. The molecule has 0 amide bonds. The third-order valence-electron chi connectivity index (χ3n) is 2.58. The van der Waals surface area contributed by atoms with E-state index in [0.717, 1.165) is 13.0 Å². The maximum absolute atomic E-state index is 6.13. The molecule has 1 aliphatic heterocycles. The maximum atomic E-state index is 6.13. The van der Waals surface area contributed by atoms with E-state index in [0.29, 0.717) is 0 Å². The van der Waals surface area contributed by atoms with Gasteiger partial charge in [0.25, 0.3) is 0 Å². The number of piperidine rings is 1. The summed E-state index contributed by atoms with van der Waals surface area (Å²) >= 11 is 0. The SMILES string of the molecule is CCCN1CCCCC1(C)N. The molecule has 1 saturated heterocycles. The van der Waals surface area contributed by atoms with Crippen LogP contribution in [0.2, 0.25) is 0 Å². The van der Waals surface area contributed by atoms with Gasteiger partial charge in [0.15, 0.2) is 0 Å². The van der Waals surface area contributed by atoms with Crippen LogP contribution >= 0.6 is 0 Å². The molecular formula is C9H20N2. The van der Waals surface area contributed by atoms with Gasteiger partial charge in [-0.15, -0.1) is 0 Å². The lowest BCUT2D eigenvalue weighted by Crippen LogP contribution is -2.56. The molecule has 0 saturated carbocycles. The molecule has 1 rings (SSSR count). The van der Waals surface area contributed by atoms with Crippen LogP contribution in [0.15, 0.2) is 0 Å². The van der Waals surface area contributed by atoms with Gasteiger partial charge in [-0.2, -0.15) is 0 Å². The van der Waals surface area contributed by atoms with Gasteiger partial charge in [-0.25, -0.2) is 0 Å². The molecule has 66 valence electrons. The molecule has 1 heterocycles. The molecule has 0 aromatic rings. The van der Waals surface area contributed by atoms with Gasteiger partial charge in [-0.05, 0) is 45.7 Å². The Kier molecular flexibility index (Phi) is 2.90. The van der Waals surface area contributed by atoms with Gasteiger partial charge in [-0.1, -0.05) is 6.92 Å². The lowest BCUT2D eigenvalue weighted by atomic mass is 9.98. The summed E-state index contributed by atoms with van der Waals surface area (Å²) in [6.07, 6.45) is 5.00. The van der Waals surface area contributed by atoms with E-state index >= 15 is 0 Å². The molecule has 0 radical (unpaired) electrons. The molecule has 0 aromatic heterocycles. The molecule has 2 N–H and O–H groups in total. The second-order valence-electron chi connectivity index (χ2n) is 3.80. The Labute approximate surface area is 69.8 Å². The first-order valence-corrected chi connectivity index (χ1v) is 4.71. The number of nitrogens with zero attached hydrogens (tertiary/aromatic N) is 1. The highest BCUT2D eigenvalue weighted by Gasteiger charge is 2.28. The summed E-state index contributed by atoms with van der Waals surface area (Å²) in [7, 11) is 0. The van der Waals surface area contributed by atoms with E-state index in [2.05, 4.69) is 18.7 Å². The van der Waals surface area contributed by atoms with Crippen LogP contribution in [0.25, 0.3) is 0 Å². The first-order chi connectivity index (χ1) is 5.17. The highest BCUT2D eigenvalue weighted by atomic mass is 15.3. The topological polar surface area (TPSA) is 29.3 Å². The van der Waals surface area contributed by atoms with Crippen molar-refractivity contribution in [1.29, 1.82) is 0 Å². The number of nitrogens with two attached hydrogens (primary N) is 1. The van der Waals surface area contributed by atoms with Crippen LogP contribution < -0.4 is 5.73 Å². The molecule has 2 heteroatoms. The fourth-order valence-electron chi connectivity index (χ4n) is 1.84. The monoisotopic (exact) mass is 156 g/mol. The van der Waals surface area contributed by atoms with E-state index in [1.54, 1.807) is 0 Å². The molecule has 0 aliphatic carbocycles. The van der Waals surface area contributed by atoms with Crippen molar-refractivity contribution in [3.05, 3.63) is 0 Å². The van der Waals surface area contributed by atoms with Gasteiger partial charge < -0.3 is 5.73 Å². The maximum Gasteiger partial charge on any atom is 0.0658 e. The molecular weight excluding hydrogens is 136 g/mol. The van der Waals surface area contributed by atoms with E-state index in [-0.39, 0.29) is 5.66 Å². The predicted molar refractivity (Wildman–Crippen MR) is 48.3 cm³/mol. The third-order valence-corrected chi connectivity index (χ3v) is 2.58. The lowest BCUT2D eigenvalue weighted by molar-refractivity contribution is 0.0669. The van der Waals surface area contributed by atoms with Crippen LogP contribution in [-0.2, 0) is 0 Å². The molecule has 0 bridgehead atoms. The average molecular weight is 156 g/mol.